The lowest BCUT2D eigenvalue weighted by Crippen LogP contribution is -2.02. The maximum Gasteiger partial charge on any atom is 0.353 e. The van der Waals surface area contributed by atoms with Crippen LogP contribution in [0.5, 0.6) is 0 Å². The van der Waals surface area contributed by atoms with Gasteiger partial charge in [-0.3, -0.25) is 4.79 Å². The van der Waals surface area contributed by atoms with Gasteiger partial charge in [-0.1, -0.05) is 0 Å². The Bertz CT molecular complexity index is 418. The van der Waals surface area contributed by atoms with Gasteiger partial charge in [0.05, 0.1) is 5.56 Å². The molecule has 3 N–H and O–H groups in total. The highest BCUT2D eigenvalue weighted by Crippen LogP contribution is 2.16. The molecule has 74 valence electrons. The van der Waals surface area contributed by atoms with Gasteiger partial charge in [-0.05, 0) is 12.5 Å². The topological polar surface area (TPSA) is 107 Å². The molecule has 1 rings (SSSR count). The van der Waals surface area contributed by atoms with Crippen LogP contribution in [0.15, 0.2) is 0 Å². The molecule has 1 aromatic heterocycles. The summed E-state index contributed by atoms with van der Waals surface area (Å²) in [4.78, 5) is 33.9. The van der Waals surface area contributed by atoms with Crippen molar-refractivity contribution in [3.63, 3.8) is 0 Å². The highest BCUT2D eigenvalue weighted by molar-refractivity contribution is 6.01. The maximum absolute atomic E-state index is 10.6. The summed E-state index contributed by atoms with van der Waals surface area (Å²) >= 11 is 0. The maximum atomic E-state index is 10.6. The fourth-order valence-electron chi connectivity index (χ4n) is 1.14. The molecule has 6 nitrogen and oxygen atoms in total. The first-order chi connectivity index (χ1) is 6.49. The molecule has 0 aliphatic heterocycles. The van der Waals surface area contributed by atoms with E-state index in [1.54, 1.807) is 0 Å². The lowest BCUT2D eigenvalue weighted by atomic mass is 10.1. The van der Waals surface area contributed by atoms with Crippen molar-refractivity contribution >= 4 is 18.2 Å². The normalized spacial score (nSPS) is 9.79. The third-order valence-corrected chi connectivity index (χ3v) is 1.84. The number of carbonyl (C=O) groups excluding carboxylic acids is 1. The van der Waals surface area contributed by atoms with Crippen LogP contribution in [0.25, 0.3) is 0 Å². The van der Waals surface area contributed by atoms with Gasteiger partial charge in [-0.2, -0.15) is 0 Å². The van der Waals surface area contributed by atoms with Crippen molar-refractivity contribution in [3.05, 3.63) is 22.5 Å². The van der Waals surface area contributed by atoms with E-state index in [9.17, 15) is 14.4 Å². The highest BCUT2D eigenvalue weighted by Gasteiger charge is 2.21. The van der Waals surface area contributed by atoms with Crippen LogP contribution in [0, 0.1) is 6.92 Å². The number of carbonyl (C=O) groups is 3. The molecule has 6 heteroatoms. The van der Waals surface area contributed by atoms with Gasteiger partial charge in [0.2, 0.25) is 0 Å². The molecule has 0 unspecified atom stereocenters. The first kappa shape index (κ1) is 9.97. The van der Waals surface area contributed by atoms with Crippen molar-refractivity contribution in [2.24, 2.45) is 0 Å². The average molecular weight is 197 g/mol. The molecule has 0 aromatic carbocycles. The minimum absolute atomic E-state index is 0.130. The van der Waals surface area contributed by atoms with E-state index in [-0.39, 0.29) is 16.8 Å². The number of hydrogen-bond acceptors (Lipinski definition) is 3. The molecular weight excluding hydrogens is 190 g/mol. The van der Waals surface area contributed by atoms with Crippen LogP contribution in [-0.2, 0) is 0 Å². The SMILES string of the molecule is Cc1c(C(=O)O)[nH]c(C(=O)O)c1C=O. The quantitative estimate of drug-likeness (QED) is 0.612. The summed E-state index contributed by atoms with van der Waals surface area (Å²) in [6.07, 6.45) is 0.321. The fraction of sp³-hybridized carbons (Fsp3) is 0.125. The van der Waals surface area contributed by atoms with Crippen molar-refractivity contribution < 1.29 is 24.6 Å². The van der Waals surface area contributed by atoms with E-state index in [2.05, 4.69) is 4.98 Å². The van der Waals surface area contributed by atoms with Crippen molar-refractivity contribution in [2.75, 3.05) is 0 Å². The van der Waals surface area contributed by atoms with E-state index in [1.165, 1.54) is 6.92 Å². The molecule has 0 spiro atoms. The monoisotopic (exact) mass is 197 g/mol. The Balaban J connectivity index is 3.46. The van der Waals surface area contributed by atoms with Gasteiger partial charge in [0, 0.05) is 0 Å². The molecular formula is C8H7NO5. The number of H-pyrrole nitrogens is 1. The van der Waals surface area contributed by atoms with Crippen molar-refractivity contribution in [3.8, 4) is 0 Å². The minimum Gasteiger partial charge on any atom is -0.477 e. The molecule has 0 saturated heterocycles. The molecule has 0 radical (unpaired) electrons. The number of hydrogen-bond donors (Lipinski definition) is 3. The summed E-state index contributed by atoms with van der Waals surface area (Å²) in [6, 6.07) is 0. The Labute approximate surface area is 78.2 Å². The highest BCUT2D eigenvalue weighted by atomic mass is 16.4. The molecule has 14 heavy (non-hydrogen) atoms. The van der Waals surface area contributed by atoms with Gasteiger partial charge in [0.15, 0.2) is 6.29 Å². The predicted octanol–water partition coefficient (Wildman–Crippen LogP) is 0.532. The number of carboxylic acid groups (broad SMARTS) is 2. The molecule has 0 atom stereocenters. The fourth-order valence-corrected chi connectivity index (χ4v) is 1.14. The summed E-state index contributed by atoms with van der Waals surface area (Å²) in [5.41, 5.74) is -0.667. The van der Waals surface area contributed by atoms with Crippen molar-refractivity contribution in [2.45, 2.75) is 6.92 Å². The van der Waals surface area contributed by atoms with E-state index < -0.39 is 17.6 Å². The van der Waals surface area contributed by atoms with Crippen LogP contribution in [0.4, 0.5) is 0 Å². The smallest absolute Gasteiger partial charge is 0.353 e. The van der Waals surface area contributed by atoms with E-state index in [1.807, 2.05) is 0 Å². The van der Waals surface area contributed by atoms with E-state index in [0.29, 0.717) is 6.29 Å². The Morgan fingerprint density at radius 1 is 1.21 bits per heavy atom. The number of aromatic carboxylic acids is 2. The Kier molecular flexibility index (Phi) is 2.37. The van der Waals surface area contributed by atoms with Gasteiger partial charge in [-0.15, -0.1) is 0 Å². The molecule has 0 aliphatic rings. The standard InChI is InChI=1S/C8H7NO5/c1-3-4(2-10)6(8(13)14)9-5(3)7(11)12/h2,9H,1H3,(H,11,12)(H,13,14). The minimum atomic E-state index is -1.36. The van der Waals surface area contributed by atoms with Crippen molar-refractivity contribution in [1.82, 2.24) is 4.98 Å². The second kappa shape index (κ2) is 3.33. The second-order valence-electron chi connectivity index (χ2n) is 2.64. The summed E-state index contributed by atoms with van der Waals surface area (Å²) < 4.78 is 0. The zero-order valence-electron chi connectivity index (χ0n) is 7.20. The van der Waals surface area contributed by atoms with Crippen LogP contribution in [0.3, 0.4) is 0 Å². The average Bonchev–Trinajstić information content (AvgIpc) is 2.42. The summed E-state index contributed by atoms with van der Waals surface area (Å²) in [7, 11) is 0. The molecule has 0 amide bonds. The molecule has 0 aliphatic carbocycles. The van der Waals surface area contributed by atoms with Crippen LogP contribution in [0.2, 0.25) is 0 Å². The second-order valence-corrected chi connectivity index (χ2v) is 2.64. The first-order valence-electron chi connectivity index (χ1n) is 3.63. The van der Waals surface area contributed by atoms with Gasteiger partial charge >= 0.3 is 11.9 Å². The Hall–Kier alpha value is -2.11. The van der Waals surface area contributed by atoms with E-state index in [4.69, 9.17) is 10.2 Å². The van der Waals surface area contributed by atoms with Gasteiger partial charge in [0.1, 0.15) is 11.4 Å². The largest absolute Gasteiger partial charge is 0.477 e. The van der Waals surface area contributed by atoms with Gasteiger partial charge < -0.3 is 15.2 Å². The lowest BCUT2D eigenvalue weighted by Gasteiger charge is -1.90. The molecule has 1 heterocycles. The van der Waals surface area contributed by atoms with E-state index in [0.717, 1.165) is 0 Å². The lowest BCUT2D eigenvalue weighted by molar-refractivity contribution is 0.0687. The summed E-state index contributed by atoms with van der Waals surface area (Å²) in [5, 5.41) is 17.3. The molecule has 1 aromatic rings. The van der Waals surface area contributed by atoms with Gasteiger partial charge in [-0.25, -0.2) is 9.59 Å². The first-order valence-corrected chi connectivity index (χ1v) is 3.63. The molecule has 0 saturated carbocycles. The van der Waals surface area contributed by atoms with Crippen LogP contribution in [-0.4, -0.2) is 33.4 Å². The Morgan fingerprint density at radius 2 is 1.71 bits per heavy atom. The Morgan fingerprint density at radius 3 is 2.00 bits per heavy atom. The van der Waals surface area contributed by atoms with E-state index >= 15 is 0 Å². The number of nitrogens with one attached hydrogen (secondary N) is 1. The van der Waals surface area contributed by atoms with Crippen LogP contribution in [0.1, 0.15) is 36.9 Å². The van der Waals surface area contributed by atoms with Crippen LogP contribution >= 0.6 is 0 Å². The number of aromatic nitrogens is 1. The third kappa shape index (κ3) is 1.37. The predicted molar refractivity (Wildman–Crippen MR) is 44.8 cm³/mol. The summed E-state index contributed by atoms with van der Waals surface area (Å²) in [5.74, 6) is -2.65. The molecule has 0 bridgehead atoms. The number of aromatic amines is 1. The zero-order chi connectivity index (χ0) is 10.9. The number of aldehydes is 1. The van der Waals surface area contributed by atoms with Gasteiger partial charge in [0.25, 0.3) is 0 Å². The number of carboxylic acids is 2. The van der Waals surface area contributed by atoms with Crippen LogP contribution < -0.4 is 0 Å². The molecule has 0 fully saturated rings. The third-order valence-electron chi connectivity index (χ3n) is 1.84. The number of rotatable bonds is 3. The summed E-state index contributed by atoms with van der Waals surface area (Å²) in [6.45, 7) is 1.37. The van der Waals surface area contributed by atoms with Crippen molar-refractivity contribution in [1.29, 1.82) is 0 Å². The zero-order valence-corrected chi connectivity index (χ0v) is 7.20.